The molecular formula is C25H34N5O+. The molecule has 0 saturated heterocycles. The topological polar surface area (TPSA) is 45.8 Å². The average molecular weight is 421 g/mol. The van der Waals surface area contributed by atoms with Crippen LogP contribution in [0.25, 0.3) is 5.69 Å². The smallest absolute Gasteiger partial charge is 0.277 e. The molecule has 0 spiro atoms. The zero-order valence-corrected chi connectivity index (χ0v) is 19.5. The van der Waals surface area contributed by atoms with E-state index < -0.39 is 0 Å². The molecule has 1 amide bonds. The summed E-state index contributed by atoms with van der Waals surface area (Å²) in [5.74, 6) is 0.139. The third-order valence-electron chi connectivity index (χ3n) is 5.67. The molecule has 0 aliphatic carbocycles. The van der Waals surface area contributed by atoms with Gasteiger partial charge in [0.25, 0.3) is 5.91 Å². The standard InChI is InChI=1S/C25H33N5O/c1-19-24(20(2)30(26-19)23-10-8-7-9-11-23)17-28(5)18-25(31)29(6)16-21-12-14-22(15-13-21)27(3)4/h7-15H,16-18H2,1-6H3/p+1. The second-order valence-corrected chi connectivity index (χ2v) is 8.52. The predicted molar refractivity (Wildman–Crippen MR) is 126 cm³/mol. The van der Waals surface area contributed by atoms with E-state index >= 15 is 0 Å². The van der Waals surface area contributed by atoms with E-state index in [2.05, 4.69) is 55.3 Å². The number of rotatable bonds is 8. The normalized spacial score (nSPS) is 11.9. The summed E-state index contributed by atoms with van der Waals surface area (Å²) in [7, 11) is 7.99. The Balaban J connectivity index is 1.60. The molecule has 3 aromatic rings. The largest absolute Gasteiger partial charge is 0.378 e. The number of quaternary nitrogens is 1. The van der Waals surface area contributed by atoms with E-state index in [9.17, 15) is 4.79 Å². The van der Waals surface area contributed by atoms with Gasteiger partial charge in [-0.15, -0.1) is 0 Å². The number of nitrogens with zero attached hydrogens (tertiary/aromatic N) is 4. The van der Waals surface area contributed by atoms with Gasteiger partial charge in [0.15, 0.2) is 6.54 Å². The Labute approximate surface area is 185 Å². The predicted octanol–water partition coefficient (Wildman–Crippen LogP) is 2.23. The van der Waals surface area contributed by atoms with Gasteiger partial charge in [-0.1, -0.05) is 30.3 Å². The molecule has 1 atom stereocenters. The van der Waals surface area contributed by atoms with Crippen molar-refractivity contribution in [2.45, 2.75) is 26.9 Å². The van der Waals surface area contributed by atoms with Crippen molar-refractivity contribution in [2.75, 3.05) is 39.6 Å². The molecule has 1 N–H and O–H groups in total. The number of carbonyl (C=O) groups is 1. The number of hydrogen-bond donors (Lipinski definition) is 1. The zero-order chi connectivity index (χ0) is 22.5. The van der Waals surface area contributed by atoms with Crippen LogP contribution < -0.4 is 9.80 Å². The monoisotopic (exact) mass is 420 g/mol. The molecule has 3 rings (SSSR count). The molecule has 0 saturated carbocycles. The second kappa shape index (κ2) is 9.79. The molecule has 0 fully saturated rings. The molecule has 6 heteroatoms. The minimum atomic E-state index is 0.139. The van der Waals surface area contributed by atoms with E-state index in [4.69, 9.17) is 5.10 Å². The fourth-order valence-corrected chi connectivity index (χ4v) is 3.77. The van der Waals surface area contributed by atoms with Crippen molar-refractivity contribution < 1.29 is 9.69 Å². The number of likely N-dealkylation sites (N-methyl/N-ethyl adjacent to an activating group) is 2. The van der Waals surface area contributed by atoms with E-state index in [-0.39, 0.29) is 5.91 Å². The van der Waals surface area contributed by atoms with Gasteiger partial charge in [0.2, 0.25) is 0 Å². The first kappa shape index (κ1) is 22.6. The molecule has 1 aromatic heterocycles. The molecular weight excluding hydrogens is 386 g/mol. The highest BCUT2D eigenvalue weighted by Crippen LogP contribution is 2.17. The molecule has 31 heavy (non-hydrogen) atoms. The molecule has 0 aliphatic rings. The van der Waals surface area contributed by atoms with Gasteiger partial charge in [0, 0.05) is 33.4 Å². The van der Waals surface area contributed by atoms with E-state index in [1.807, 2.05) is 50.9 Å². The van der Waals surface area contributed by atoms with Gasteiger partial charge < -0.3 is 14.7 Å². The Bertz CT molecular complexity index is 1010. The first-order valence-corrected chi connectivity index (χ1v) is 10.7. The molecule has 164 valence electrons. The number of carbonyl (C=O) groups excluding carboxylic acids is 1. The van der Waals surface area contributed by atoms with Crippen LogP contribution in [0.5, 0.6) is 0 Å². The maximum Gasteiger partial charge on any atom is 0.277 e. The van der Waals surface area contributed by atoms with Crippen LogP contribution >= 0.6 is 0 Å². The van der Waals surface area contributed by atoms with Crippen LogP contribution in [-0.2, 0) is 17.9 Å². The maximum absolute atomic E-state index is 12.8. The zero-order valence-electron chi connectivity index (χ0n) is 19.5. The second-order valence-electron chi connectivity index (χ2n) is 8.52. The molecule has 0 aliphatic heterocycles. The highest BCUT2D eigenvalue weighted by atomic mass is 16.2. The van der Waals surface area contributed by atoms with Gasteiger partial charge in [-0.25, -0.2) is 4.68 Å². The van der Waals surface area contributed by atoms with E-state index in [1.165, 1.54) is 5.56 Å². The van der Waals surface area contributed by atoms with Crippen LogP contribution in [0.2, 0.25) is 0 Å². The lowest BCUT2D eigenvalue weighted by atomic mass is 10.1. The fraction of sp³-hybridized carbons (Fsp3) is 0.360. The Morgan fingerprint density at radius 1 is 1.00 bits per heavy atom. The number of aryl methyl sites for hydroxylation is 1. The number of para-hydroxylation sites is 1. The third-order valence-corrected chi connectivity index (χ3v) is 5.67. The lowest BCUT2D eigenvalue weighted by Gasteiger charge is -2.21. The molecule has 0 bridgehead atoms. The van der Waals surface area contributed by atoms with Gasteiger partial charge in [-0.2, -0.15) is 5.10 Å². The summed E-state index contributed by atoms with van der Waals surface area (Å²) < 4.78 is 1.99. The number of hydrogen-bond acceptors (Lipinski definition) is 3. The average Bonchev–Trinajstić information content (AvgIpc) is 3.03. The molecule has 0 radical (unpaired) electrons. The van der Waals surface area contributed by atoms with Crippen LogP contribution in [-0.4, -0.2) is 55.3 Å². The van der Waals surface area contributed by atoms with Crippen LogP contribution in [0.4, 0.5) is 5.69 Å². The summed E-state index contributed by atoms with van der Waals surface area (Å²) in [6.07, 6.45) is 0. The van der Waals surface area contributed by atoms with Crippen LogP contribution in [0.3, 0.4) is 0 Å². The molecule has 1 heterocycles. The van der Waals surface area contributed by atoms with Crippen molar-refractivity contribution in [3.63, 3.8) is 0 Å². The number of nitrogens with one attached hydrogen (secondary N) is 1. The number of amides is 1. The van der Waals surface area contributed by atoms with Gasteiger partial charge in [0.05, 0.1) is 29.7 Å². The summed E-state index contributed by atoms with van der Waals surface area (Å²) in [5, 5.41) is 4.73. The van der Waals surface area contributed by atoms with Crippen molar-refractivity contribution >= 4 is 11.6 Å². The fourth-order valence-electron chi connectivity index (χ4n) is 3.77. The van der Waals surface area contributed by atoms with Gasteiger partial charge in [0.1, 0.15) is 6.54 Å². The van der Waals surface area contributed by atoms with Crippen LogP contribution in [0, 0.1) is 13.8 Å². The minimum Gasteiger partial charge on any atom is -0.378 e. The van der Waals surface area contributed by atoms with Crippen LogP contribution in [0.1, 0.15) is 22.5 Å². The van der Waals surface area contributed by atoms with Crippen LogP contribution in [0.15, 0.2) is 54.6 Å². The van der Waals surface area contributed by atoms with Crippen molar-refractivity contribution in [2.24, 2.45) is 0 Å². The summed E-state index contributed by atoms with van der Waals surface area (Å²) in [6, 6.07) is 18.5. The van der Waals surface area contributed by atoms with Gasteiger partial charge >= 0.3 is 0 Å². The Morgan fingerprint density at radius 2 is 1.65 bits per heavy atom. The minimum absolute atomic E-state index is 0.139. The van der Waals surface area contributed by atoms with Crippen molar-refractivity contribution in [3.05, 3.63) is 77.1 Å². The molecule has 1 unspecified atom stereocenters. The van der Waals surface area contributed by atoms with Crippen molar-refractivity contribution in [1.82, 2.24) is 14.7 Å². The Kier molecular flexibility index (Phi) is 7.13. The summed E-state index contributed by atoms with van der Waals surface area (Å²) >= 11 is 0. The summed E-state index contributed by atoms with van der Waals surface area (Å²) in [4.78, 5) is 17.8. The first-order valence-electron chi connectivity index (χ1n) is 10.7. The lowest BCUT2D eigenvalue weighted by Crippen LogP contribution is -3.08. The number of anilines is 1. The SMILES string of the molecule is Cc1nn(-c2ccccc2)c(C)c1C[NH+](C)CC(=O)N(C)Cc1ccc(N(C)C)cc1. The first-order chi connectivity index (χ1) is 14.8. The lowest BCUT2D eigenvalue weighted by molar-refractivity contribution is -0.885. The summed E-state index contributed by atoms with van der Waals surface area (Å²) in [5.41, 5.74) is 6.70. The van der Waals surface area contributed by atoms with Gasteiger partial charge in [-0.05, 0) is 43.7 Å². The van der Waals surface area contributed by atoms with Crippen molar-refractivity contribution in [1.29, 1.82) is 0 Å². The highest BCUT2D eigenvalue weighted by Gasteiger charge is 2.20. The van der Waals surface area contributed by atoms with Crippen molar-refractivity contribution in [3.8, 4) is 5.69 Å². The van der Waals surface area contributed by atoms with E-state index in [0.29, 0.717) is 13.1 Å². The van der Waals surface area contributed by atoms with Gasteiger partial charge in [-0.3, -0.25) is 4.79 Å². The summed E-state index contributed by atoms with van der Waals surface area (Å²) in [6.45, 7) is 5.97. The quantitative estimate of drug-likeness (QED) is 0.608. The van der Waals surface area contributed by atoms with E-state index in [1.54, 1.807) is 4.90 Å². The molecule has 2 aromatic carbocycles. The third kappa shape index (κ3) is 5.52. The Hall–Kier alpha value is -3.12. The van der Waals surface area contributed by atoms with E-state index in [0.717, 1.165) is 39.8 Å². The maximum atomic E-state index is 12.8. The Morgan fingerprint density at radius 3 is 2.26 bits per heavy atom. The molecule has 6 nitrogen and oxygen atoms in total. The highest BCUT2D eigenvalue weighted by molar-refractivity contribution is 5.76. The number of benzene rings is 2. The number of aromatic nitrogens is 2.